The SMILES string of the molecule is Cc1ccc(C)c(N2CC(OC(=O)Nc3ccc(NC(=O)c4cccc(F)c4)cc3)CC2=O)c1. The van der Waals surface area contributed by atoms with Crippen LogP contribution in [0.3, 0.4) is 0 Å². The van der Waals surface area contributed by atoms with Gasteiger partial charge in [0.1, 0.15) is 11.9 Å². The van der Waals surface area contributed by atoms with Gasteiger partial charge in [0, 0.05) is 22.6 Å². The molecular formula is C26H24FN3O4. The highest BCUT2D eigenvalue weighted by atomic mass is 19.1. The van der Waals surface area contributed by atoms with Crippen LogP contribution in [0.15, 0.2) is 66.7 Å². The van der Waals surface area contributed by atoms with Crippen LogP contribution < -0.4 is 15.5 Å². The highest BCUT2D eigenvalue weighted by molar-refractivity contribution is 6.04. The van der Waals surface area contributed by atoms with Crippen LogP contribution in [-0.4, -0.2) is 30.6 Å². The van der Waals surface area contributed by atoms with Crippen molar-refractivity contribution in [2.24, 2.45) is 0 Å². The van der Waals surface area contributed by atoms with Gasteiger partial charge in [-0.25, -0.2) is 9.18 Å². The molecule has 1 atom stereocenters. The molecular weight excluding hydrogens is 437 g/mol. The molecule has 7 nitrogen and oxygen atoms in total. The molecule has 174 valence electrons. The number of amides is 3. The summed E-state index contributed by atoms with van der Waals surface area (Å²) >= 11 is 0. The molecule has 2 N–H and O–H groups in total. The third-order valence-electron chi connectivity index (χ3n) is 5.49. The standard InChI is InChI=1S/C26H24FN3O4/c1-16-6-7-17(2)23(12-16)30-15-22(14-24(30)31)34-26(33)29-21-10-8-20(9-11-21)28-25(32)18-4-3-5-19(27)13-18/h3-13,22H,14-15H2,1-2H3,(H,28,32)(H,29,33). The van der Waals surface area contributed by atoms with Crippen molar-refractivity contribution in [3.05, 3.63) is 89.2 Å². The van der Waals surface area contributed by atoms with Crippen LogP contribution in [0.4, 0.5) is 26.2 Å². The van der Waals surface area contributed by atoms with E-state index in [1.807, 2.05) is 32.0 Å². The summed E-state index contributed by atoms with van der Waals surface area (Å²) < 4.78 is 18.7. The van der Waals surface area contributed by atoms with Crippen LogP contribution in [0.2, 0.25) is 0 Å². The molecule has 1 fully saturated rings. The third kappa shape index (κ3) is 5.40. The van der Waals surface area contributed by atoms with Gasteiger partial charge in [0.25, 0.3) is 5.91 Å². The van der Waals surface area contributed by atoms with Crippen molar-refractivity contribution in [1.82, 2.24) is 0 Å². The molecule has 1 aliphatic heterocycles. The lowest BCUT2D eigenvalue weighted by molar-refractivity contribution is -0.117. The van der Waals surface area contributed by atoms with Gasteiger partial charge in [-0.15, -0.1) is 0 Å². The Morgan fingerprint density at radius 3 is 2.38 bits per heavy atom. The summed E-state index contributed by atoms with van der Waals surface area (Å²) in [4.78, 5) is 38.7. The Morgan fingerprint density at radius 2 is 1.68 bits per heavy atom. The number of nitrogens with one attached hydrogen (secondary N) is 2. The fourth-order valence-electron chi connectivity index (χ4n) is 3.77. The molecule has 3 aromatic rings. The summed E-state index contributed by atoms with van der Waals surface area (Å²) in [5.41, 5.74) is 4.00. The fraction of sp³-hybridized carbons (Fsp3) is 0.192. The number of benzene rings is 3. The predicted molar refractivity (Wildman–Crippen MR) is 128 cm³/mol. The van der Waals surface area contributed by atoms with Gasteiger partial charge >= 0.3 is 6.09 Å². The minimum Gasteiger partial charge on any atom is -0.444 e. The quantitative estimate of drug-likeness (QED) is 0.557. The first-order chi connectivity index (χ1) is 16.3. The summed E-state index contributed by atoms with van der Waals surface area (Å²) in [7, 11) is 0. The molecule has 0 radical (unpaired) electrons. The van der Waals surface area contributed by atoms with Gasteiger partial charge in [0.15, 0.2) is 0 Å². The maximum Gasteiger partial charge on any atom is 0.411 e. The average Bonchev–Trinajstić information content (AvgIpc) is 3.16. The van der Waals surface area contributed by atoms with E-state index in [0.29, 0.717) is 17.9 Å². The Bertz CT molecular complexity index is 1240. The molecule has 8 heteroatoms. The van der Waals surface area contributed by atoms with E-state index in [0.717, 1.165) is 22.9 Å². The van der Waals surface area contributed by atoms with Gasteiger partial charge in [0.05, 0.1) is 13.0 Å². The zero-order chi connectivity index (χ0) is 24.2. The van der Waals surface area contributed by atoms with E-state index in [1.54, 1.807) is 29.2 Å². The third-order valence-corrected chi connectivity index (χ3v) is 5.49. The lowest BCUT2D eigenvalue weighted by atomic mass is 10.1. The molecule has 0 spiro atoms. The van der Waals surface area contributed by atoms with Gasteiger partial charge in [-0.2, -0.15) is 0 Å². The number of carbonyl (C=O) groups is 3. The number of ether oxygens (including phenoxy) is 1. The van der Waals surface area contributed by atoms with Gasteiger partial charge in [0.2, 0.25) is 5.91 Å². The highest BCUT2D eigenvalue weighted by Crippen LogP contribution is 2.27. The van der Waals surface area contributed by atoms with E-state index in [4.69, 9.17) is 4.74 Å². The number of rotatable bonds is 5. The van der Waals surface area contributed by atoms with E-state index in [-0.39, 0.29) is 17.9 Å². The molecule has 0 aliphatic carbocycles. The van der Waals surface area contributed by atoms with E-state index < -0.39 is 23.9 Å². The van der Waals surface area contributed by atoms with Crippen molar-refractivity contribution in [1.29, 1.82) is 0 Å². The first-order valence-corrected chi connectivity index (χ1v) is 10.8. The van der Waals surface area contributed by atoms with Crippen molar-refractivity contribution in [3.63, 3.8) is 0 Å². The number of aryl methyl sites for hydroxylation is 2. The molecule has 1 unspecified atom stereocenters. The van der Waals surface area contributed by atoms with E-state index in [9.17, 15) is 18.8 Å². The Morgan fingerprint density at radius 1 is 0.971 bits per heavy atom. The molecule has 1 heterocycles. The Balaban J connectivity index is 1.31. The van der Waals surface area contributed by atoms with Crippen LogP contribution in [-0.2, 0) is 9.53 Å². The van der Waals surface area contributed by atoms with Gasteiger partial charge < -0.3 is 15.0 Å². The Labute approximate surface area is 196 Å². The molecule has 1 saturated heterocycles. The number of nitrogens with zero attached hydrogens (tertiary/aromatic N) is 1. The predicted octanol–water partition coefficient (Wildman–Crippen LogP) is 5.05. The molecule has 1 aliphatic rings. The zero-order valence-electron chi connectivity index (χ0n) is 18.8. The lowest BCUT2D eigenvalue weighted by Crippen LogP contribution is -2.28. The van der Waals surface area contributed by atoms with Crippen LogP contribution in [0.5, 0.6) is 0 Å². The lowest BCUT2D eigenvalue weighted by Gasteiger charge is -2.19. The van der Waals surface area contributed by atoms with Gasteiger partial charge in [-0.05, 0) is 73.5 Å². The van der Waals surface area contributed by atoms with Gasteiger partial charge in [-0.1, -0.05) is 18.2 Å². The summed E-state index contributed by atoms with van der Waals surface area (Å²) in [6.45, 7) is 4.19. The Hall–Kier alpha value is -4.20. The summed E-state index contributed by atoms with van der Waals surface area (Å²) in [5, 5.41) is 5.29. The minimum absolute atomic E-state index is 0.0927. The number of hydrogen-bond acceptors (Lipinski definition) is 4. The second-order valence-electron chi connectivity index (χ2n) is 8.19. The number of anilines is 3. The molecule has 0 saturated carbocycles. The van der Waals surface area contributed by atoms with E-state index in [2.05, 4.69) is 10.6 Å². The van der Waals surface area contributed by atoms with Crippen molar-refractivity contribution < 1.29 is 23.5 Å². The van der Waals surface area contributed by atoms with E-state index in [1.165, 1.54) is 18.2 Å². The molecule has 4 rings (SSSR count). The molecule has 3 amide bonds. The van der Waals surface area contributed by atoms with Crippen LogP contribution >= 0.6 is 0 Å². The van der Waals surface area contributed by atoms with E-state index >= 15 is 0 Å². The fourth-order valence-corrected chi connectivity index (χ4v) is 3.77. The highest BCUT2D eigenvalue weighted by Gasteiger charge is 2.34. The summed E-state index contributed by atoms with van der Waals surface area (Å²) in [6.07, 6.45) is -1.11. The van der Waals surface area contributed by atoms with Crippen molar-refractivity contribution in [2.45, 2.75) is 26.4 Å². The number of halogens is 1. The number of hydrogen-bond donors (Lipinski definition) is 2. The first-order valence-electron chi connectivity index (χ1n) is 10.8. The second-order valence-corrected chi connectivity index (χ2v) is 8.19. The monoisotopic (exact) mass is 461 g/mol. The maximum absolute atomic E-state index is 13.3. The van der Waals surface area contributed by atoms with Crippen LogP contribution in [0.1, 0.15) is 27.9 Å². The van der Waals surface area contributed by atoms with Gasteiger partial charge in [-0.3, -0.25) is 14.9 Å². The minimum atomic E-state index is -0.669. The summed E-state index contributed by atoms with van der Waals surface area (Å²) in [5.74, 6) is -1.03. The van der Waals surface area contributed by atoms with Crippen molar-refractivity contribution in [3.8, 4) is 0 Å². The van der Waals surface area contributed by atoms with Crippen LogP contribution in [0.25, 0.3) is 0 Å². The Kier molecular flexibility index (Phi) is 6.58. The van der Waals surface area contributed by atoms with Crippen molar-refractivity contribution >= 4 is 35.0 Å². The normalized spacial score (nSPS) is 15.2. The number of carbonyl (C=O) groups excluding carboxylic acids is 3. The molecule has 0 aromatic heterocycles. The topological polar surface area (TPSA) is 87.7 Å². The average molecular weight is 461 g/mol. The first kappa shape index (κ1) is 23.0. The van der Waals surface area contributed by atoms with Crippen LogP contribution in [0, 0.1) is 19.7 Å². The zero-order valence-corrected chi connectivity index (χ0v) is 18.8. The summed E-state index contributed by atoms with van der Waals surface area (Å²) in [6, 6.07) is 17.7. The molecule has 34 heavy (non-hydrogen) atoms. The van der Waals surface area contributed by atoms with Crippen molar-refractivity contribution in [2.75, 3.05) is 22.1 Å². The smallest absolute Gasteiger partial charge is 0.411 e. The molecule has 0 bridgehead atoms. The second kappa shape index (κ2) is 9.74. The maximum atomic E-state index is 13.3. The largest absolute Gasteiger partial charge is 0.444 e. The molecule has 3 aromatic carbocycles.